The maximum Gasteiger partial charge on any atom is 0.257 e. The SMILES string of the molecule is COc1ccc(C2=NN(Cc3ccc(NC(=O)c4cccnc4)cc3)C(=O)CC2)cc1OC. The number of hydrogen-bond acceptors (Lipinski definition) is 6. The van der Waals surface area contributed by atoms with Gasteiger partial charge in [0.2, 0.25) is 5.91 Å². The van der Waals surface area contributed by atoms with Crippen molar-refractivity contribution in [3.05, 3.63) is 83.7 Å². The predicted octanol–water partition coefficient (Wildman–Crippen LogP) is 3.88. The standard InChI is InChI=1S/C25H24N4O4/c1-32-22-11-7-18(14-23(22)33-2)21-10-12-24(30)29(28-21)16-17-5-8-20(9-6-17)27-25(31)19-4-3-13-26-15-19/h3-9,11,13-15H,10,12,16H2,1-2H3,(H,27,31). The number of pyridine rings is 1. The van der Waals surface area contributed by atoms with Crippen molar-refractivity contribution in [1.29, 1.82) is 0 Å². The third-order valence-electron chi connectivity index (χ3n) is 5.29. The van der Waals surface area contributed by atoms with Crippen LogP contribution in [0.1, 0.15) is 34.3 Å². The molecule has 4 rings (SSSR count). The van der Waals surface area contributed by atoms with E-state index >= 15 is 0 Å². The second-order valence-corrected chi connectivity index (χ2v) is 7.46. The number of anilines is 1. The van der Waals surface area contributed by atoms with Crippen molar-refractivity contribution in [1.82, 2.24) is 9.99 Å². The smallest absolute Gasteiger partial charge is 0.257 e. The van der Waals surface area contributed by atoms with Crippen LogP contribution in [0.15, 0.2) is 72.1 Å². The van der Waals surface area contributed by atoms with Crippen LogP contribution < -0.4 is 14.8 Å². The number of ether oxygens (including phenoxy) is 2. The highest BCUT2D eigenvalue weighted by Crippen LogP contribution is 2.29. The molecule has 0 atom stereocenters. The van der Waals surface area contributed by atoms with Gasteiger partial charge in [0, 0.05) is 36.5 Å². The first-order chi connectivity index (χ1) is 16.1. The lowest BCUT2D eigenvalue weighted by Gasteiger charge is -2.24. The molecular formula is C25H24N4O4. The van der Waals surface area contributed by atoms with Crippen molar-refractivity contribution in [2.45, 2.75) is 19.4 Å². The second kappa shape index (κ2) is 9.95. The molecule has 2 heterocycles. The number of amides is 2. The number of aromatic nitrogens is 1. The number of carbonyl (C=O) groups excluding carboxylic acids is 2. The normalized spacial score (nSPS) is 13.3. The minimum Gasteiger partial charge on any atom is -0.493 e. The number of nitrogens with one attached hydrogen (secondary N) is 1. The van der Waals surface area contributed by atoms with E-state index in [4.69, 9.17) is 9.47 Å². The number of carbonyl (C=O) groups is 2. The lowest BCUT2D eigenvalue weighted by atomic mass is 10.0. The molecule has 3 aromatic rings. The molecule has 0 unspecified atom stereocenters. The van der Waals surface area contributed by atoms with Gasteiger partial charge in [0.25, 0.3) is 5.91 Å². The van der Waals surface area contributed by atoms with Gasteiger partial charge < -0.3 is 14.8 Å². The third-order valence-corrected chi connectivity index (χ3v) is 5.29. The molecule has 0 aliphatic carbocycles. The van der Waals surface area contributed by atoms with Crippen LogP contribution in [0.5, 0.6) is 11.5 Å². The van der Waals surface area contributed by atoms with Crippen LogP contribution in [0.2, 0.25) is 0 Å². The zero-order valence-corrected chi connectivity index (χ0v) is 18.4. The lowest BCUT2D eigenvalue weighted by Crippen LogP contribution is -2.31. The molecule has 168 valence electrons. The highest BCUT2D eigenvalue weighted by atomic mass is 16.5. The summed E-state index contributed by atoms with van der Waals surface area (Å²) in [7, 11) is 3.18. The Morgan fingerprint density at radius 2 is 1.82 bits per heavy atom. The highest BCUT2D eigenvalue weighted by Gasteiger charge is 2.22. The maximum absolute atomic E-state index is 12.5. The molecule has 1 aromatic heterocycles. The molecule has 0 radical (unpaired) electrons. The minimum absolute atomic E-state index is 0.0341. The topological polar surface area (TPSA) is 93.1 Å². The molecule has 1 aliphatic rings. The zero-order valence-electron chi connectivity index (χ0n) is 18.4. The summed E-state index contributed by atoms with van der Waals surface area (Å²) in [6.45, 7) is 0.340. The predicted molar refractivity (Wildman–Crippen MR) is 124 cm³/mol. The first kappa shape index (κ1) is 22.0. The number of hydrogen-bond donors (Lipinski definition) is 1. The second-order valence-electron chi connectivity index (χ2n) is 7.46. The molecule has 2 amide bonds. The summed E-state index contributed by atoms with van der Waals surface area (Å²) in [5.41, 5.74) is 3.75. The van der Waals surface area contributed by atoms with Crippen molar-refractivity contribution in [3.8, 4) is 11.5 Å². The van der Waals surface area contributed by atoms with Crippen LogP contribution in [0, 0.1) is 0 Å². The lowest BCUT2D eigenvalue weighted by molar-refractivity contribution is -0.132. The van der Waals surface area contributed by atoms with Gasteiger partial charge in [-0.1, -0.05) is 12.1 Å². The van der Waals surface area contributed by atoms with Gasteiger partial charge in [0.05, 0.1) is 32.0 Å². The van der Waals surface area contributed by atoms with Crippen molar-refractivity contribution in [2.24, 2.45) is 5.10 Å². The van der Waals surface area contributed by atoms with Crippen molar-refractivity contribution in [2.75, 3.05) is 19.5 Å². The zero-order chi connectivity index (χ0) is 23.2. The number of hydrazone groups is 1. The molecule has 2 aromatic carbocycles. The van der Waals surface area contributed by atoms with Gasteiger partial charge >= 0.3 is 0 Å². The average Bonchev–Trinajstić information content (AvgIpc) is 2.86. The van der Waals surface area contributed by atoms with Crippen LogP contribution in [0.25, 0.3) is 0 Å². The first-order valence-corrected chi connectivity index (χ1v) is 10.5. The highest BCUT2D eigenvalue weighted by molar-refractivity contribution is 6.05. The number of benzene rings is 2. The van der Waals surface area contributed by atoms with Gasteiger partial charge in [-0.2, -0.15) is 5.10 Å². The van der Waals surface area contributed by atoms with Gasteiger partial charge in [0.15, 0.2) is 11.5 Å². The van der Waals surface area contributed by atoms with E-state index in [9.17, 15) is 9.59 Å². The summed E-state index contributed by atoms with van der Waals surface area (Å²) in [6.07, 6.45) is 4.07. The summed E-state index contributed by atoms with van der Waals surface area (Å²) in [4.78, 5) is 28.7. The van der Waals surface area contributed by atoms with Gasteiger partial charge in [0.1, 0.15) is 0 Å². The molecule has 1 aliphatic heterocycles. The van der Waals surface area contributed by atoms with E-state index in [1.165, 1.54) is 11.2 Å². The van der Waals surface area contributed by atoms with Crippen LogP contribution in [0.4, 0.5) is 5.69 Å². The fourth-order valence-electron chi connectivity index (χ4n) is 3.51. The van der Waals surface area contributed by atoms with Crippen LogP contribution in [-0.2, 0) is 11.3 Å². The van der Waals surface area contributed by atoms with Gasteiger partial charge in [-0.25, -0.2) is 5.01 Å². The van der Waals surface area contributed by atoms with Crippen LogP contribution in [0.3, 0.4) is 0 Å². The Hall–Kier alpha value is -4.20. The monoisotopic (exact) mass is 444 g/mol. The third kappa shape index (κ3) is 5.17. The Morgan fingerprint density at radius 1 is 1.03 bits per heavy atom. The molecule has 0 bridgehead atoms. The van der Waals surface area contributed by atoms with Crippen LogP contribution in [-0.4, -0.2) is 41.7 Å². The Balaban J connectivity index is 1.46. The molecule has 0 spiro atoms. The average molecular weight is 444 g/mol. The quantitative estimate of drug-likeness (QED) is 0.597. The van der Waals surface area contributed by atoms with E-state index in [1.807, 2.05) is 30.3 Å². The molecule has 0 saturated carbocycles. The van der Waals surface area contributed by atoms with E-state index in [-0.39, 0.29) is 11.8 Å². The van der Waals surface area contributed by atoms with E-state index in [0.29, 0.717) is 42.1 Å². The van der Waals surface area contributed by atoms with Crippen molar-refractivity contribution >= 4 is 23.2 Å². The Kier molecular flexibility index (Phi) is 6.64. The van der Waals surface area contributed by atoms with E-state index in [1.54, 1.807) is 44.7 Å². The number of methoxy groups -OCH3 is 2. The molecule has 8 nitrogen and oxygen atoms in total. The number of rotatable bonds is 7. The molecule has 33 heavy (non-hydrogen) atoms. The van der Waals surface area contributed by atoms with E-state index in [2.05, 4.69) is 15.4 Å². The summed E-state index contributed by atoms with van der Waals surface area (Å²) in [5.74, 6) is 0.991. The Bertz CT molecular complexity index is 1180. The molecule has 0 saturated heterocycles. The Morgan fingerprint density at radius 3 is 2.52 bits per heavy atom. The summed E-state index contributed by atoms with van der Waals surface area (Å²) in [6, 6.07) is 16.4. The van der Waals surface area contributed by atoms with Crippen molar-refractivity contribution in [3.63, 3.8) is 0 Å². The number of nitrogens with zero attached hydrogens (tertiary/aromatic N) is 3. The van der Waals surface area contributed by atoms with Gasteiger partial charge in [-0.3, -0.25) is 14.6 Å². The molecule has 0 fully saturated rings. The largest absolute Gasteiger partial charge is 0.493 e. The van der Waals surface area contributed by atoms with E-state index < -0.39 is 0 Å². The van der Waals surface area contributed by atoms with E-state index in [0.717, 1.165) is 16.8 Å². The fraction of sp³-hybridized carbons (Fsp3) is 0.200. The molecular weight excluding hydrogens is 420 g/mol. The molecule has 1 N–H and O–H groups in total. The summed E-state index contributed by atoms with van der Waals surface area (Å²) >= 11 is 0. The summed E-state index contributed by atoms with van der Waals surface area (Å²) in [5, 5.41) is 8.92. The minimum atomic E-state index is -0.230. The first-order valence-electron chi connectivity index (χ1n) is 10.5. The summed E-state index contributed by atoms with van der Waals surface area (Å²) < 4.78 is 10.7. The van der Waals surface area contributed by atoms with Crippen LogP contribution >= 0.6 is 0 Å². The van der Waals surface area contributed by atoms with Gasteiger partial charge in [-0.15, -0.1) is 0 Å². The molecule has 8 heteroatoms. The fourth-order valence-corrected chi connectivity index (χ4v) is 3.51. The van der Waals surface area contributed by atoms with Crippen molar-refractivity contribution < 1.29 is 19.1 Å². The maximum atomic E-state index is 12.5. The van der Waals surface area contributed by atoms with Gasteiger partial charge in [-0.05, 0) is 48.0 Å². The Labute approximate surface area is 191 Å².